The summed E-state index contributed by atoms with van der Waals surface area (Å²) in [6.45, 7) is 5.39. The van der Waals surface area contributed by atoms with Crippen molar-refractivity contribution in [3.63, 3.8) is 0 Å². The first-order valence-electron chi connectivity index (χ1n) is 6.88. The van der Waals surface area contributed by atoms with Crippen LogP contribution in [0.5, 0.6) is 0 Å². The molecule has 3 rings (SSSR count). The third kappa shape index (κ3) is 2.50. The van der Waals surface area contributed by atoms with E-state index in [0.717, 1.165) is 25.2 Å². The third-order valence-electron chi connectivity index (χ3n) is 3.92. The number of hydrogen-bond donors (Lipinski definition) is 1. The maximum absolute atomic E-state index is 13.5. The maximum atomic E-state index is 13.5. The molecule has 1 N–H and O–H groups in total. The molecule has 1 aromatic carbocycles. The summed E-state index contributed by atoms with van der Waals surface area (Å²) in [5, 5.41) is 0.133. The van der Waals surface area contributed by atoms with E-state index < -0.39 is 5.82 Å². The molecule has 3 nitrogen and oxygen atoms in total. The first-order valence-corrected chi connectivity index (χ1v) is 7.66. The number of H-pyrrole nitrogens is 1. The summed E-state index contributed by atoms with van der Waals surface area (Å²) in [4.78, 5) is 5.50. The van der Waals surface area contributed by atoms with E-state index >= 15 is 0 Å². The number of nitrogens with zero attached hydrogens (tertiary/aromatic N) is 2. The Morgan fingerprint density at radius 1 is 1.40 bits per heavy atom. The van der Waals surface area contributed by atoms with Gasteiger partial charge in [-0.3, -0.25) is 0 Å². The second kappa shape index (κ2) is 5.47. The van der Waals surface area contributed by atoms with E-state index in [9.17, 15) is 4.39 Å². The molecule has 1 fully saturated rings. The van der Waals surface area contributed by atoms with E-state index in [0.29, 0.717) is 10.3 Å². The number of hydrogen-bond acceptors (Lipinski definition) is 2. The Bertz CT molecular complexity index is 688. The van der Waals surface area contributed by atoms with Crippen molar-refractivity contribution in [1.82, 2.24) is 14.5 Å². The Labute approximate surface area is 127 Å². The fourth-order valence-corrected chi connectivity index (χ4v) is 3.52. The van der Waals surface area contributed by atoms with Crippen molar-refractivity contribution < 1.29 is 4.39 Å². The average Bonchev–Trinajstić information content (AvgIpc) is 2.97. The molecule has 2 aromatic rings. The third-order valence-corrected chi connectivity index (χ3v) is 4.51. The molecule has 1 aromatic heterocycles. The van der Waals surface area contributed by atoms with Gasteiger partial charge in [-0.1, -0.05) is 11.6 Å². The molecular weight excluding hydrogens is 297 g/mol. The lowest BCUT2D eigenvalue weighted by Crippen LogP contribution is -2.27. The van der Waals surface area contributed by atoms with Crippen LogP contribution < -0.4 is 0 Å². The van der Waals surface area contributed by atoms with E-state index in [1.807, 2.05) is 4.57 Å². The molecule has 2 heterocycles. The maximum Gasteiger partial charge on any atom is 0.178 e. The van der Waals surface area contributed by atoms with Crippen molar-refractivity contribution in [2.75, 3.05) is 19.6 Å². The first kappa shape index (κ1) is 14.0. The fourth-order valence-electron chi connectivity index (χ4n) is 2.98. The van der Waals surface area contributed by atoms with Crippen molar-refractivity contribution in [3.8, 4) is 0 Å². The van der Waals surface area contributed by atoms with Gasteiger partial charge in [-0.2, -0.15) is 0 Å². The summed E-state index contributed by atoms with van der Waals surface area (Å²) in [7, 11) is 0. The van der Waals surface area contributed by atoms with Gasteiger partial charge < -0.3 is 14.5 Å². The molecule has 1 atom stereocenters. The van der Waals surface area contributed by atoms with Gasteiger partial charge in [0.1, 0.15) is 5.82 Å². The van der Waals surface area contributed by atoms with Crippen LogP contribution in [-0.2, 0) is 0 Å². The Morgan fingerprint density at radius 3 is 2.80 bits per heavy atom. The number of imidazole rings is 1. The van der Waals surface area contributed by atoms with Crippen molar-refractivity contribution in [2.45, 2.75) is 25.8 Å². The Balaban J connectivity index is 1.99. The Morgan fingerprint density at radius 2 is 2.10 bits per heavy atom. The van der Waals surface area contributed by atoms with Crippen LogP contribution >= 0.6 is 23.8 Å². The van der Waals surface area contributed by atoms with E-state index in [1.54, 1.807) is 6.07 Å². The van der Waals surface area contributed by atoms with Gasteiger partial charge >= 0.3 is 0 Å². The zero-order chi connectivity index (χ0) is 14.3. The zero-order valence-corrected chi connectivity index (χ0v) is 12.9. The average molecular weight is 314 g/mol. The molecule has 0 bridgehead atoms. The van der Waals surface area contributed by atoms with Gasteiger partial charge in [0.2, 0.25) is 0 Å². The topological polar surface area (TPSA) is 24.0 Å². The highest BCUT2D eigenvalue weighted by atomic mass is 35.5. The highest BCUT2D eigenvalue weighted by Crippen LogP contribution is 2.26. The number of aromatic amines is 1. The molecule has 0 radical (unpaired) electrons. The van der Waals surface area contributed by atoms with Gasteiger partial charge in [0.15, 0.2) is 4.77 Å². The van der Waals surface area contributed by atoms with Crippen LogP contribution in [0.3, 0.4) is 0 Å². The largest absolute Gasteiger partial charge is 0.330 e. The summed E-state index contributed by atoms with van der Waals surface area (Å²) in [5.41, 5.74) is 1.57. The summed E-state index contributed by atoms with van der Waals surface area (Å²) in [6, 6.07) is 3.29. The van der Waals surface area contributed by atoms with E-state index in [-0.39, 0.29) is 11.1 Å². The summed E-state index contributed by atoms with van der Waals surface area (Å²) < 4.78 is 16.2. The molecule has 0 spiro atoms. The smallest absolute Gasteiger partial charge is 0.178 e. The second-order valence-corrected chi connectivity index (χ2v) is 6.23. The lowest BCUT2D eigenvalue weighted by molar-refractivity contribution is 0.289. The molecule has 1 aliphatic rings. The van der Waals surface area contributed by atoms with Crippen LogP contribution in [0.15, 0.2) is 12.1 Å². The number of halogens is 2. The minimum Gasteiger partial charge on any atom is -0.330 e. The highest BCUT2D eigenvalue weighted by molar-refractivity contribution is 7.71. The number of nitrogens with one attached hydrogen (secondary N) is 1. The highest BCUT2D eigenvalue weighted by Gasteiger charge is 2.18. The van der Waals surface area contributed by atoms with Crippen LogP contribution in [0.1, 0.15) is 25.8 Å². The molecule has 0 aliphatic carbocycles. The number of rotatable bonds is 3. The summed E-state index contributed by atoms with van der Waals surface area (Å²) in [6.07, 6.45) is 2.53. The quantitative estimate of drug-likeness (QED) is 0.861. The normalized spacial score (nSPS) is 17.9. The minimum atomic E-state index is -0.422. The Hall–Kier alpha value is -0.910. The van der Waals surface area contributed by atoms with Crippen LogP contribution in [0.4, 0.5) is 4.39 Å². The van der Waals surface area contributed by atoms with Gasteiger partial charge in [0, 0.05) is 18.7 Å². The van der Waals surface area contributed by atoms with Crippen LogP contribution in [-0.4, -0.2) is 34.1 Å². The van der Waals surface area contributed by atoms with E-state index in [1.165, 1.54) is 18.9 Å². The number of fused-ring (bicyclic) bond motifs is 1. The van der Waals surface area contributed by atoms with Gasteiger partial charge in [0.25, 0.3) is 0 Å². The SMILES string of the molecule is CC(CN1CCCC1)n1c(=S)[nH]c2cc(F)c(Cl)cc21. The van der Waals surface area contributed by atoms with Crippen LogP contribution in [0.2, 0.25) is 5.02 Å². The number of aromatic nitrogens is 2. The predicted octanol–water partition coefficient (Wildman–Crippen LogP) is 4.15. The monoisotopic (exact) mass is 313 g/mol. The van der Waals surface area contributed by atoms with Gasteiger partial charge in [-0.05, 0) is 51.1 Å². The molecule has 1 saturated heterocycles. The zero-order valence-electron chi connectivity index (χ0n) is 11.3. The van der Waals surface area contributed by atoms with E-state index in [2.05, 4.69) is 16.8 Å². The summed E-state index contributed by atoms with van der Waals surface area (Å²) >= 11 is 11.3. The molecule has 1 aliphatic heterocycles. The molecular formula is C14H17ClFN3S. The molecule has 0 saturated carbocycles. The van der Waals surface area contributed by atoms with Crippen LogP contribution in [0, 0.1) is 10.6 Å². The van der Waals surface area contributed by atoms with E-state index in [4.69, 9.17) is 23.8 Å². The molecule has 6 heteroatoms. The first-order chi connectivity index (χ1) is 9.56. The Kier molecular flexibility index (Phi) is 3.84. The van der Waals surface area contributed by atoms with Crippen molar-refractivity contribution in [2.24, 2.45) is 0 Å². The van der Waals surface area contributed by atoms with Gasteiger partial charge in [-0.25, -0.2) is 4.39 Å². The molecule has 1 unspecified atom stereocenters. The fraction of sp³-hybridized carbons (Fsp3) is 0.500. The van der Waals surface area contributed by atoms with Crippen molar-refractivity contribution in [3.05, 3.63) is 27.7 Å². The lowest BCUT2D eigenvalue weighted by Gasteiger charge is -2.22. The van der Waals surface area contributed by atoms with Crippen LogP contribution in [0.25, 0.3) is 11.0 Å². The number of likely N-dealkylation sites (tertiary alicyclic amines) is 1. The van der Waals surface area contributed by atoms with Crippen molar-refractivity contribution in [1.29, 1.82) is 0 Å². The van der Waals surface area contributed by atoms with Crippen molar-refractivity contribution >= 4 is 34.9 Å². The second-order valence-electron chi connectivity index (χ2n) is 5.44. The molecule has 20 heavy (non-hydrogen) atoms. The number of benzene rings is 1. The molecule has 0 amide bonds. The minimum absolute atomic E-state index is 0.133. The van der Waals surface area contributed by atoms with Gasteiger partial charge in [-0.15, -0.1) is 0 Å². The standard InChI is InChI=1S/C14H17ClFN3S/c1-9(8-18-4-2-3-5-18)19-13-6-10(15)11(16)7-12(13)17-14(19)20/h6-7,9H,2-5,8H2,1H3,(H,17,20). The lowest BCUT2D eigenvalue weighted by atomic mass is 10.2. The predicted molar refractivity (Wildman–Crippen MR) is 82.5 cm³/mol. The van der Waals surface area contributed by atoms with Gasteiger partial charge in [0.05, 0.1) is 16.1 Å². The molecule has 108 valence electrons. The summed E-state index contributed by atoms with van der Waals surface area (Å²) in [5.74, 6) is -0.422.